The van der Waals surface area contributed by atoms with Gasteiger partial charge in [0.05, 0.1) is 16.6 Å². The molecule has 1 aromatic heterocycles. The number of amides is 1. The van der Waals surface area contributed by atoms with E-state index < -0.39 is 0 Å². The lowest BCUT2D eigenvalue weighted by atomic mass is 10.1. The second-order valence-corrected chi connectivity index (χ2v) is 6.35. The highest BCUT2D eigenvalue weighted by Crippen LogP contribution is 2.28. The molecule has 132 valence electrons. The van der Waals surface area contributed by atoms with Crippen molar-refractivity contribution in [2.45, 2.75) is 19.5 Å². The standard InChI is InChI=1S/C20H20N4O2/c25-12-2-9-21-13-14-5-7-15(8-6-14)19-23-17-4-1-3-16-18(17)24(19)11-10-22-20(16)26/h1,3-8,12,21H,2,9-11,13H2,(H,22,26). The summed E-state index contributed by atoms with van der Waals surface area (Å²) in [6.45, 7) is 2.70. The minimum Gasteiger partial charge on any atom is -0.350 e. The predicted molar refractivity (Wildman–Crippen MR) is 99.9 cm³/mol. The van der Waals surface area contributed by atoms with Crippen LogP contribution in [0, 0.1) is 0 Å². The Hall–Kier alpha value is -2.99. The molecule has 6 heteroatoms. The first-order chi connectivity index (χ1) is 12.8. The maximum absolute atomic E-state index is 12.2. The highest BCUT2D eigenvalue weighted by atomic mass is 16.1. The number of nitrogens with zero attached hydrogens (tertiary/aromatic N) is 2. The van der Waals surface area contributed by atoms with Crippen LogP contribution in [0.3, 0.4) is 0 Å². The highest BCUT2D eigenvalue weighted by molar-refractivity contribution is 6.06. The van der Waals surface area contributed by atoms with Crippen molar-refractivity contribution < 1.29 is 9.59 Å². The minimum atomic E-state index is -0.0439. The molecule has 0 unspecified atom stereocenters. The highest BCUT2D eigenvalue weighted by Gasteiger charge is 2.21. The summed E-state index contributed by atoms with van der Waals surface area (Å²) in [4.78, 5) is 27.4. The molecular formula is C20H20N4O2. The topological polar surface area (TPSA) is 76.0 Å². The fourth-order valence-corrected chi connectivity index (χ4v) is 3.35. The van der Waals surface area contributed by atoms with Crippen LogP contribution < -0.4 is 10.6 Å². The van der Waals surface area contributed by atoms with Crippen molar-refractivity contribution in [3.8, 4) is 11.4 Å². The molecule has 26 heavy (non-hydrogen) atoms. The number of carbonyl (C=O) groups is 2. The first kappa shape index (κ1) is 16.5. The monoisotopic (exact) mass is 348 g/mol. The summed E-state index contributed by atoms with van der Waals surface area (Å²) in [6, 6.07) is 13.9. The van der Waals surface area contributed by atoms with Crippen LogP contribution in [0.15, 0.2) is 42.5 Å². The molecule has 1 aliphatic heterocycles. The fraction of sp³-hybridized carbons (Fsp3) is 0.250. The number of nitrogens with one attached hydrogen (secondary N) is 2. The molecule has 0 atom stereocenters. The van der Waals surface area contributed by atoms with Gasteiger partial charge in [0.1, 0.15) is 12.1 Å². The van der Waals surface area contributed by atoms with Gasteiger partial charge in [-0.1, -0.05) is 30.3 Å². The summed E-state index contributed by atoms with van der Waals surface area (Å²) in [7, 11) is 0. The van der Waals surface area contributed by atoms with Gasteiger partial charge in [0.25, 0.3) is 5.91 Å². The predicted octanol–water partition coefficient (Wildman–Crippen LogP) is 2.13. The van der Waals surface area contributed by atoms with E-state index in [2.05, 4.69) is 39.5 Å². The lowest BCUT2D eigenvalue weighted by molar-refractivity contribution is -0.107. The van der Waals surface area contributed by atoms with Crippen LogP contribution in [0.5, 0.6) is 0 Å². The van der Waals surface area contributed by atoms with Crippen molar-refractivity contribution in [3.05, 3.63) is 53.6 Å². The second-order valence-electron chi connectivity index (χ2n) is 6.35. The maximum Gasteiger partial charge on any atom is 0.253 e. The van der Waals surface area contributed by atoms with E-state index in [1.165, 1.54) is 0 Å². The average Bonchev–Trinajstić information content (AvgIpc) is 2.95. The van der Waals surface area contributed by atoms with Crippen molar-refractivity contribution in [2.75, 3.05) is 13.1 Å². The molecule has 2 heterocycles. The minimum absolute atomic E-state index is 0.0439. The van der Waals surface area contributed by atoms with Crippen LogP contribution in [-0.4, -0.2) is 34.8 Å². The van der Waals surface area contributed by atoms with E-state index in [4.69, 9.17) is 4.98 Å². The SMILES string of the molecule is O=CCCNCc1ccc(-c2nc3cccc4c3n2CCNC4=O)cc1. The summed E-state index contributed by atoms with van der Waals surface area (Å²) in [6.07, 6.45) is 1.44. The third-order valence-corrected chi connectivity index (χ3v) is 4.61. The zero-order valence-corrected chi connectivity index (χ0v) is 14.4. The van der Waals surface area contributed by atoms with Crippen molar-refractivity contribution in [1.29, 1.82) is 0 Å². The van der Waals surface area contributed by atoms with E-state index in [-0.39, 0.29) is 5.91 Å². The maximum atomic E-state index is 12.2. The quantitative estimate of drug-likeness (QED) is 0.528. The molecule has 0 radical (unpaired) electrons. The number of imidazole rings is 1. The normalized spacial score (nSPS) is 13.5. The lowest BCUT2D eigenvalue weighted by Crippen LogP contribution is -2.24. The van der Waals surface area contributed by atoms with Gasteiger partial charge in [-0.3, -0.25) is 4.79 Å². The largest absolute Gasteiger partial charge is 0.350 e. The molecule has 2 N–H and O–H groups in total. The Bertz CT molecular complexity index is 960. The van der Waals surface area contributed by atoms with E-state index in [0.717, 1.165) is 40.8 Å². The first-order valence-electron chi connectivity index (χ1n) is 8.79. The average molecular weight is 348 g/mol. The van der Waals surface area contributed by atoms with Crippen molar-refractivity contribution >= 4 is 23.2 Å². The molecule has 0 bridgehead atoms. The molecular weight excluding hydrogens is 328 g/mol. The smallest absolute Gasteiger partial charge is 0.253 e. The van der Waals surface area contributed by atoms with Crippen molar-refractivity contribution in [2.24, 2.45) is 0 Å². The Morgan fingerprint density at radius 2 is 2.04 bits per heavy atom. The molecule has 0 aliphatic carbocycles. The number of hydrogen-bond donors (Lipinski definition) is 2. The van der Waals surface area contributed by atoms with Crippen LogP contribution in [-0.2, 0) is 17.9 Å². The van der Waals surface area contributed by atoms with E-state index in [0.29, 0.717) is 31.6 Å². The summed E-state index contributed by atoms with van der Waals surface area (Å²) < 4.78 is 2.12. The van der Waals surface area contributed by atoms with Gasteiger partial charge in [-0.15, -0.1) is 0 Å². The zero-order valence-electron chi connectivity index (χ0n) is 14.4. The summed E-state index contributed by atoms with van der Waals surface area (Å²) >= 11 is 0. The molecule has 0 saturated carbocycles. The first-order valence-corrected chi connectivity index (χ1v) is 8.79. The van der Waals surface area contributed by atoms with Gasteiger partial charge in [0.15, 0.2) is 0 Å². The molecule has 6 nitrogen and oxygen atoms in total. The van der Waals surface area contributed by atoms with E-state index in [1.807, 2.05) is 18.2 Å². The van der Waals surface area contributed by atoms with Gasteiger partial charge in [-0.2, -0.15) is 0 Å². The number of carbonyl (C=O) groups excluding carboxylic acids is 2. The number of para-hydroxylation sites is 1. The van der Waals surface area contributed by atoms with Gasteiger partial charge in [-0.25, -0.2) is 4.98 Å². The van der Waals surface area contributed by atoms with Crippen LogP contribution in [0.4, 0.5) is 0 Å². The molecule has 2 aromatic carbocycles. The Morgan fingerprint density at radius 3 is 2.85 bits per heavy atom. The van der Waals surface area contributed by atoms with E-state index in [1.54, 1.807) is 0 Å². The third kappa shape index (κ3) is 2.99. The third-order valence-electron chi connectivity index (χ3n) is 4.61. The molecule has 0 fully saturated rings. The summed E-state index contributed by atoms with van der Waals surface area (Å²) in [5.74, 6) is 0.835. The molecule has 4 rings (SSSR count). The fourth-order valence-electron chi connectivity index (χ4n) is 3.35. The second kappa shape index (κ2) is 7.09. The Kier molecular flexibility index (Phi) is 4.50. The van der Waals surface area contributed by atoms with Gasteiger partial charge >= 0.3 is 0 Å². The summed E-state index contributed by atoms with van der Waals surface area (Å²) in [5.41, 5.74) is 4.60. The van der Waals surface area contributed by atoms with E-state index >= 15 is 0 Å². The van der Waals surface area contributed by atoms with Crippen LogP contribution >= 0.6 is 0 Å². The van der Waals surface area contributed by atoms with Gasteiger partial charge in [0.2, 0.25) is 0 Å². The zero-order chi connectivity index (χ0) is 17.9. The Balaban J connectivity index is 1.66. The van der Waals surface area contributed by atoms with Crippen LogP contribution in [0.1, 0.15) is 22.3 Å². The van der Waals surface area contributed by atoms with Crippen molar-refractivity contribution in [1.82, 2.24) is 20.2 Å². The van der Waals surface area contributed by atoms with E-state index in [9.17, 15) is 9.59 Å². The number of rotatable bonds is 6. The number of aldehydes is 1. The van der Waals surface area contributed by atoms with Gasteiger partial charge in [0, 0.05) is 38.2 Å². The Labute approximate surface area is 151 Å². The molecule has 3 aromatic rings. The van der Waals surface area contributed by atoms with Crippen molar-refractivity contribution in [3.63, 3.8) is 0 Å². The molecule has 1 amide bonds. The summed E-state index contributed by atoms with van der Waals surface area (Å²) in [5, 5.41) is 6.18. The number of benzene rings is 2. The molecule has 0 saturated heterocycles. The molecule has 0 spiro atoms. The number of hydrogen-bond acceptors (Lipinski definition) is 4. The Morgan fingerprint density at radius 1 is 1.19 bits per heavy atom. The lowest BCUT2D eigenvalue weighted by Gasteiger charge is -2.08. The molecule has 1 aliphatic rings. The van der Waals surface area contributed by atoms with Gasteiger partial charge in [-0.05, 0) is 17.7 Å². The van der Waals surface area contributed by atoms with Crippen LogP contribution in [0.25, 0.3) is 22.4 Å². The van der Waals surface area contributed by atoms with Gasteiger partial charge < -0.3 is 20.0 Å². The van der Waals surface area contributed by atoms with Crippen LogP contribution in [0.2, 0.25) is 0 Å². The number of aromatic nitrogens is 2.